The molecule has 2 rings (SSSR count). The summed E-state index contributed by atoms with van der Waals surface area (Å²) >= 11 is 0. The largest absolute Gasteiger partial charge is 0.317 e. The molecule has 1 heterocycles. The molecule has 2 atom stereocenters. The molecule has 1 fully saturated rings. The average molecular weight is 264 g/mol. The van der Waals surface area contributed by atoms with E-state index in [0.717, 1.165) is 25.2 Å². The van der Waals surface area contributed by atoms with Crippen LogP contribution >= 0.6 is 0 Å². The van der Waals surface area contributed by atoms with E-state index in [9.17, 15) is 4.39 Å². The van der Waals surface area contributed by atoms with Gasteiger partial charge >= 0.3 is 0 Å². The van der Waals surface area contributed by atoms with E-state index in [4.69, 9.17) is 0 Å². The molecule has 0 radical (unpaired) electrons. The number of hydrogen-bond donors (Lipinski definition) is 1. The first kappa shape index (κ1) is 14.5. The van der Waals surface area contributed by atoms with Crippen LogP contribution in [0.25, 0.3) is 0 Å². The summed E-state index contributed by atoms with van der Waals surface area (Å²) in [7, 11) is 2.13. The van der Waals surface area contributed by atoms with Gasteiger partial charge in [-0.15, -0.1) is 0 Å². The van der Waals surface area contributed by atoms with Crippen LogP contribution in [0.15, 0.2) is 24.3 Å². The van der Waals surface area contributed by atoms with E-state index in [2.05, 4.69) is 24.2 Å². The van der Waals surface area contributed by atoms with Gasteiger partial charge in [-0.05, 0) is 51.5 Å². The molecule has 2 unspecified atom stereocenters. The lowest BCUT2D eigenvalue weighted by Gasteiger charge is -2.33. The summed E-state index contributed by atoms with van der Waals surface area (Å²) in [4.78, 5) is 2.33. The number of likely N-dealkylation sites (tertiary alicyclic amines) is 1. The van der Waals surface area contributed by atoms with Crippen molar-refractivity contribution in [2.24, 2.45) is 5.92 Å². The Bertz CT molecular complexity index is 394. The van der Waals surface area contributed by atoms with E-state index in [1.807, 2.05) is 12.1 Å². The normalized spacial score (nSPS) is 25.2. The number of nitrogens with one attached hydrogen (secondary N) is 1. The van der Waals surface area contributed by atoms with Gasteiger partial charge in [0.1, 0.15) is 5.82 Å². The molecule has 0 aliphatic carbocycles. The van der Waals surface area contributed by atoms with E-state index >= 15 is 0 Å². The summed E-state index contributed by atoms with van der Waals surface area (Å²) in [6, 6.07) is 7.44. The van der Waals surface area contributed by atoms with Crippen molar-refractivity contribution in [1.82, 2.24) is 10.2 Å². The van der Waals surface area contributed by atoms with Gasteiger partial charge in [-0.3, -0.25) is 4.90 Å². The Morgan fingerprint density at radius 2 is 2.11 bits per heavy atom. The fourth-order valence-electron chi connectivity index (χ4n) is 3.17. The molecule has 1 saturated heterocycles. The van der Waals surface area contributed by atoms with Crippen molar-refractivity contribution >= 4 is 0 Å². The van der Waals surface area contributed by atoms with Crippen LogP contribution in [0.2, 0.25) is 0 Å². The lowest BCUT2D eigenvalue weighted by Crippen LogP contribution is -2.35. The fourth-order valence-corrected chi connectivity index (χ4v) is 3.17. The van der Waals surface area contributed by atoms with E-state index in [1.165, 1.54) is 19.3 Å². The zero-order chi connectivity index (χ0) is 13.7. The van der Waals surface area contributed by atoms with Crippen LogP contribution in [0.3, 0.4) is 0 Å². The molecule has 0 bridgehead atoms. The second-order valence-corrected chi connectivity index (χ2v) is 5.51. The molecule has 19 heavy (non-hydrogen) atoms. The lowest BCUT2D eigenvalue weighted by molar-refractivity contribution is 0.185. The summed E-state index contributed by atoms with van der Waals surface area (Å²) in [6.07, 6.45) is 3.63. The molecule has 3 heteroatoms. The average Bonchev–Trinajstić information content (AvgIpc) is 2.59. The fraction of sp³-hybridized carbons (Fsp3) is 0.625. The predicted molar refractivity (Wildman–Crippen MR) is 77.7 cm³/mol. The van der Waals surface area contributed by atoms with Gasteiger partial charge in [0.2, 0.25) is 0 Å². The van der Waals surface area contributed by atoms with Crippen molar-refractivity contribution in [3.8, 4) is 0 Å². The van der Waals surface area contributed by atoms with E-state index in [-0.39, 0.29) is 11.9 Å². The van der Waals surface area contributed by atoms with Gasteiger partial charge in [0.15, 0.2) is 0 Å². The molecule has 1 aromatic rings. The molecule has 106 valence electrons. The van der Waals surface area contributed by atoms with Crippen molar-refractivity contribution in [3.63, 3.8) is 0 Å². The summed E-state index contributed by atoms with van der Waals surface area (Å²) in [5, 5.41) is 3.44. The van der Waals surface area contributed by atoms with Crippen LogP contribution in [0.1, 0.15) is 37.8 Å². The second kappa shape index (κ2) is 7.01. The molecule has 1 aromatic carbocycles. The van der Waals surface area contributed by atoms with Crippen LogP contribution < -0.4 is 5.32 Å². The summed E-state index contributed by atoms with van der Waals surface area (Å²) < 4.78 is 14.1. The third-order valence-corrected chi connectivity index (χ3v) is 4.14. The Kier molecular flexibility index (Phi) is 5.34. The zero-order valence-electron chi connectivity index (χ0n) is 12.0. The molecule has 2 nitrogen and oxygen atoms in total. The molecule has 1 aliphatic heterocycles. The maximum atomic E-state index is 14.1. The summed E-state index contributed by atoms with van der Waals surface area (Å²) in [5.74, 6) is 0.423. The molecule has 1 N–H and O–H groups in total. The van der Waals surface area contributed by atoms with Crippen molar-refractivity contribution in [1.29, 1.82) is 0 Å². The number of rotatable bonds is 4. The van der Waals surface area contributed by atoms with Crippen molar-refractivity contribution in [2.45, 2.75) is 32.2 Å². The highest BCUT2D eigenvalue weighted by Crippen LogP contribution is 2.34. The molecule has 0 spiro atoms. The molecular weight excluding hydrogens is 239 g/mol. The van der Waals surface area contributed by atoms with E-state index < -0.39 is 0 Å². The van der Waals surface area contributed by atoms with E-state index in [0.29, 0.717) is 5.92 Å². The Hall–Kier alpha value is -0.930. The smallest absolute Gasteiger partial charge is 0.127 e. The number of halogens is 1. The van der Waals surface area contributed by atoms with Gasteiger partial charge in [-0.2, -0.15) is 0 Å². The van der Waals surface area contributed by atoms with Crippen LogP contribution in [0, 0.1) is 11.7 Å². The van der Waals surface area contributed by atoms with Gasteiger partial charge in [0, 0.05) is 11.6 Å². The highest BCUT2D eigenvalue weighted by Gasteiger charge is 2.30. The Morgan fingerprint density at radius 3 is 2.84 bits per heavy atom. The minimum Gasteiger partial charge on any atom is -0.317 e. The minimum atomic E-state index is -0.0669. The first-order valence-corrected chi connectivity index (χ1v) is 7.39. The molecule has 0 amide bonds. The Morgan fingerprint density at radius 1 is 1.32 bits per heavy atom. The van der Waals surface area contributed by atoms with Gasteiger partial charge in [-0.1, -0.05) is 31.5 Å². The van der Waals surface area contributed by atoms with Crippen LogP contribution in [0.4, 0.5) is 4.39 Å². The maximum absolute atomic E-state index is 14.1. The van der Waals surface area contributed by atoms with Crippen molar-refractivity contribution in [3.05, 3.63) is 35.6 Å². The topological polar surface area (TPSA) is 15.3 Å². The SMILES string of the molecule is CCNCC1CCCCN(C)C1c1ccccc1F. The highest BCUT2D eigenvalue weighted by molar-refractivity contribution is 5.22. The van der Waals surface area contributed by atoms with Crippen LogP contribution in [0.5, 0.6) is 0 Å². The second-order valence-electron chi connectivity index (χ2n) is 5.51. The third-order valence-electron chi connectivity index (χ3n) is 4.14. The summed E-state index contributed by atoms with van der Waals surface area (Å²) in [6.45, 7) is 5.13. The standard InChI is InChI=1S/C16H25FN2/c1-3-18-12-13-8-6-7-11-19(2)16(13)14-9-4-5-10-15(14)17/h4-5,9-10,13,16,18H,3,6-8,11-12H2,1-2H3. The zero-order valence-corrected chi connectivity index (χ0v) is 12.0. The number of hydrogen-bond acceptors (Lipinski definition) is 2. The number of benzene rings is 1. The van der Waals surface area contributed by atoms with Crippen LogP contribution in [-0.2, 0) is 0 Å². The molecular formula is C16H25FN2. The van der Waals surface area contributed by atoms with Crippen molar-refractivity contribution in [2.75, 3.05) is 26.7 Å². The lowest BCUT2D eigenvalue weighted by atomic mass is 9.89. The first-order chi connectivity index (χ1) is 9.24. The van der Waals surface area contributed by atoms with Crippen LogP contribution in [-0.4, -0.2) is 31.6 Å². The number of nitrogens with zero attached hydrogens (tertiary/aromatic N) is 1. The van der Waals surface area contributed by atoms with Gasteiger partial charge < -0.3 is 5.32 Å². The quantitative estimate of drug-likeness (QED) is 0.898. The Labute approximate surface area is 116 Å². The minimum absolute atomic E-state index is 0.0669. The van der Waals surface area contributed by atoms with Gasteiger partial charge in [0.05, 0.1) is 0 Å². The Balaban J connectivity index is 2.26. The molecule has 0 saturated carbocycles. The monoisotopic (exact) mass is 264 g/mol. The third kappa shape index (κ3) is 3.54. The van der Waals surface area contributed by atoms with E-state index in [1.54, 1.807) is 12.1 Å². The van der Waals surface area contributed by atoms with Gasteiger partial charge in [0.25, 0.3) is 0 Å². The molecule has 0 aromatic heterocycles. The molecule has 1 aliphatic rings. The maximum Gasteiger partial charge on any atom is 0.127 e. The first-order valence-electron chi connectivity index (χ1n) is 7.39. The highest BCUT2D eigenvalue weighted by atomic mass is 19.1. The van der Waals surface area contributed by atoms with Crippen molar-refractivity contribution < 1.29 is 4.39 Å². The summed E-state index contributed by atoms with van der Waals surface area (Å²) in [5.41, 5.74) is 0.856. The predicted octanol–water partition coefficient (Wildman–Crippen LogP) is 3.21. The van der Waals surface area contributed by atoms with Gasteiger partial charge in [-0.25, -0.2) is 4.39 Å².